The smallest absolute Gasteiger partial charge is 0.247 e. The zero-order chi connectivity index (χ0) is 18.9. The van der Waals surface area contributed by atoms with Crippen molar-refractivity contribution in [1.82, 2.24) is 0 Å². The van der Waals surface area contributed by atoms with E-state index in [2.05, 4.69) is 5.32 Å². The maximum atomic E-state index is 12.9. The van der Waals surface area contributed by atoms with Crippen molar-refractivity contribution < 1.29 is 18.0 Å². The van der Waals surface area contributed by atoms with Crippen LogP contribution >= 0.6 is 0 Å². The van der Waals surface area contributed by atoms with E-state index in [-0.39, 0.29) is 28.5 Å². The molecule has 1 unspecified atom stereocenters. The van der Waals surface area contributed by atoms with E-state index in [4.69, 9.17) is 0 Å². The summed E-state index contributed by atoms with van der Waals surface area (Å²) < 4.78 is 23.6. The first-order valence-corrected chi connectivity index (χ1v) is 10.4. The van der Waals surface area contributed by atoms with E-state index in [0.717, 1.165) is 12.7 Å². The highest BCUT2D eigenvalue weighted by Crippen LogP contribution is 2.37. The molecule has 7 heteroatoms. The Morgan fingerprint density at radius 2 is 1.92 bits per heavy atom. The van der Waals surface area contributed by atoms with Crippen molar-refractivity contribution in [3.05, 3.63) is 18.2 Å². The van der Waals surface area contributed by atoms with Crippen LogP contribution in [0.5, 0.6) is 0 Å². The molecular weight excluding hydrogens is 340 g/mol. The molecule has 0 radical (unpaired) electrons. The molecule has 0 saturated carbocycles. The minimum Gasteiger partial charge on any atom is -0.322 e. The van der Waals surface area contributed by atoms with Gasteiger partial charge in [-0.05, 0) is 30.0 Å². The van der Waals surface area contributed by atoms with E-state index >= 15 is 0 Å². The molecule has 6 nitrogen and oxygen atoms in total. The number of anilines is 2. The SMILES string of the molecule is CC[C@@H](C)C1C(=O)Nc2cc(S(C)(=O)=O)ccc2N1C(=O)CC(C)C. The van der Waals surface area contributed by atoms with Gasteiger partial charge in [0.1, 0.15) is 6.04 Å². The van der Waals surface area contributed by atoms with Crippen molar-refractivity contribution in [1.29, 1.82) is 0 Å². The van der Waals surface area contributed by atoms with Crippen molar-refractivity contribution in [2.24, 2.45) is 11.8 Å². The second-order valence-electron chi connectivity index (χ2n) is 7.13. The lowest BCUT2D eigenvalue weighted by atomic mass is 9.93. The van der Waals surface area contributed by atoms with Gasteiger partial charge in [-0.3, -0.25) is 14.5 Å². The molecule has 25 heavy (non-hydrogen) atoms. The first-order valence-electron chi connectivity index (χ1n) is 8.53. The Labute approximate surface area is 149 Å². The molecule has 1 aromatic rings. The van der Waals surface area contributed by atoms with E-state index < -0.39 is 15.9 Å². The lowest BCUT2D eigenvalue weighted by Gasteiger charge is -2.39. The first-order chi connectivity index (χ1) is 11.6. The summed E-state index contributed by atoms with van der Waals surface area (Å²) in [5.74, 6) is -0.249. The zero-order valence-electron chi connectivity index (χ0n) is 15.4. The van der Waals surface area contributed by atoms with Gasteiger partial charge in [0.25, 0.3) is 0 Å². The molecule has 1 N–H and O–H groups in total. The van der Waals surface area contributed by atoms with E-state index in [1.54, 1.807) is 11.0 Å². The maximum Gasteiger partial charge on any atom is 0.247 e. The molecule has 2 rings (SSSR count). The summed E-state index contributed by atoms with van der Waals surface area (Å²) in [5.41, 5.74) is 0.924. The molecule has 2 amide bonds. The number of amides is 2. The standard InChI is InChI=1S/C18H26N2O4S/c1-6-12(4)17-18(22)19-14-10-13(25(5,23)24)7-8-15(14)20(17)16(21)9-11(2)3/h7-8,10-12,17H,6,9H2,1-5H3,(H,19,22)/t12-,17?/m1/s1. The Balaban J connectivity index is 2.58. The summed E-state index contributed by atoms with van der Waals surface area (Å²) in [6.07, 6.45) is 2.19. The molecular formula is C18H26N2O4S. The van der Waals surface area contributed by atoms with Crippen LogP contribution in [-0.4, -0.2) is 32.5 Å². The minimum atomic E-state index is -3.40. The number of hydrogen-bond donors (Lipinski definition) is 1. The van der Waals surface area contributed by atoms with Gasteiger partial charge in [0.2, 0.25) is 11.8 Å². The molecule has 0 aromatic heterocycles. The lowest BCUT2D eigenvalue weighted by molar-refractivity contribution is -0.125. The van der Waals surface area contributed by atoms with Crippen molar-refractivity contribution >= 4 is 33.0 Å². The number of sulfone groups is 1. The van der Waals surface area contributed by atoms with Crippen LogP contribution in [0.4, 0.5) is 11.4 Å². The third-order valence-corrected chi connectivity index (χ3v) is 5.61. The Kier molecular flexibility index (Phi) is 5.56. The summed E-state index contributed by atoms with van der Waals surface area (Å²) in [7, 11) is -3.40. The van der Waals surface area contributed by atoms with E-state index in [0.29, 0.717) is 17.8 Å². The predicted molar refractivity (Wildman–Crippen MR) is 98.4 cm³/mol. The summed E-state index contributed by atoms with van der Waals surface area (Å²) in [6, 6.07) is 3.92. The van der Waals surface area contributed by atoms with Crippen molar-refractivity contribution in [3.63, 3.8) is 0 Å². The number of carbonyl (C=O) groups excluding carboxylic acids is 2. The monoisotopic (exact) mass is 366 g/mol. The Morgan fingerprint density at radius 1 is 1.28 bits per heavy atom. The van der Waals surface area contributed by atoms with Gasteiger partial charge in [0.15, 0.2) is 9.84 Å². The van der Waals surface area contributed by atoms with Gasteiger partial charge in [-0.15, -0.1) is 0 Å². The highest BCUT2D eigenvalue weighted by atomic mass is 32.2. The van der Waals surface area contributed by atoms with Gasteiger partial charge >= 0.3 is 0 Å². The fourth-order valence-electron chi connectivity index (χ4n) is 3.00. The number of rotatable bonds is 5. The van der Waals surface area contributed by atoms with Crippen molar-refractivity contribution in [3.8, 4) is 0 Å². The van der Waals surface area contributed by atoms with Gasteiger partial charge in [-0.2, -0.15) is 0 Å². The van der Waals surface area contributed by atoms with Gasteiger partial charge in [0.05, 0.1) is 16.3 Å². The topological polar surface area (TPSA) is 83.6 Å². The number of fused-ring (bicyclic) bond motifs is 1. The van der Waals surface area contributed by atoms with Crippen LogP contribution in [-0.2, 0) is 19.4 Å². The molecule has 0 bridgehead atoms. The molecule has 0 fully saturated rings. The quantitative estimate of drug-likeness (QED) is 0.868. The second kappa shape index (κ2) is 7.15. The van der Waals surface area contributed by atoms with Crippen LogP contribution in [0.3, 0.4) is 0 Å². The molecule has 0 aliphatic carbocycles. The lowest BCUT2D eigenvalue weighted by Crippen LogP contribution is -2.54. The normalized spacial score (nSPS) is 18.7. The molecule has 1 aliphatic rings. The van der Waals surface area contributed by atoms with Crippen LogP contribution in [0.1, 0.15) is 40.5 Å². The Bertz CT molecular complexity index is 786. The molecule has 0 spiro atoms. The molecule has 138 valence electrons. The average molecular weight is 366 g/mol. The average Bonchev–Trinajstić information content (AvgIpc) is 2.50. The molecule has 1 aliphatic heterocycles. The fourth-order valence-corrected chi connectivity index (χ4v) is 3.65. The summed E-state index contributed by atoms with van der Waals surface area (Å²) in [5, 5.41) is 2.78. The summed E-state index contributed by atoms with van der Waals surface area (Å²) in [4.78, 5) is 27.2. The van der Waals surface area contributed by atoms with Gasteiger partial charge in [0, 0.05) is 12.7 Å². The maximum absolute atomic E-state index is 12.9. The van der Waals surface area contributed by atoms with Crippen LogP contribution < -0.4 is 10.2 Å². The van der Waals surface area contributed by atoms with Crippen molar-refractivity contribution in [2.45, 2.75) is 51.5 Å². The molecule has 0 saturated heterocycles. The van der Waals surface area contributed by atoms with E-state index in [1.165, 1.54) is 12.1 Å². The fraction of sp³-hybridized carbons (Fsp3) is 0.556. The van der Waals surface area contributed by atoms with Crippen molar-refractivity contribution in [2.75, 3.05) is 16.5 Å². The molecule has 1 aromatic carbocycles. The number of nitrogens with one attached hydrogen (secondary N) is 1. The zero-order valence-corrected chi connectivity index (χ0v) is 16.2. The summed E-state index contributed by atoms with van der Waals surface area (Å²) in [6.45, 7) is 7.82. The molecule has 2 atom stereocenters. The van der Waals surface area contributed by atoms with Gasteiger partial charge in [-0.1, -0.05) is 34.1 Å². The van der Waals surface area contributed by atoms with E-state index in [9.17, 15) is 18.0 Å². The predicted octanol–water partition coefficient (Wildman–Crippen LogP) is 2.84. The Hall–Kier alpha value is -1.89. The van der Waals surface area contributed by atoms with Crippen LogP contribution in [0.2, 0.25) is 0 Å². The second-order valence-corrected chi connectivity index (χ2v) is 9.15. The van der Waals surface area contributed by atoms with Gasteiger partial charge in [-0.25, -0.2) is 8.42 Å². The van der Waals surface area contributed by atoms with E-state index in [1.807, 2.05) is 27.7 Å². The highest BCUT2D eigenvalue weighted by Gasteiger charge is 2.39. The number of benzene rings is 1. The number of hydrogen-bond acceptors (Lipinski definition) is 4. The highest BCUT2D eigenvalue weighted by molar-refractivity contribution is 7.90. The third-order valence-electron chi connectivity index (χ3n) is 4.49. The third kappa shape index (κ3) is 4.03. The first kappa shape index (κ1) is 19.4. The minimum absolute atomic E-state index is 0.0150. The van der Waals surface area contributed by atoms with Crippen LogP contribution in [0, 0.1) is 11.8 Å². The van der Waals surface area contributed by atoms with Gasteiger partial charge < -0.3 is 5.32 Å². The number of carbonyl (C=O) groups is 2. The Morgan fingerprint density at radius 3 is 2.44 bits per heavy atom. The largest absolute Gasteiger partial charge is 0.322 e. The number of nitrogens with zero attached hydrogens (tertiary/aromatic N) is 1. The summed E-state index contributed by atoms with van der Waals surface area (Å²) >= 11 is 0. The van der Waals surface area contributed by atoms with Crippen LogP contribution in [0.15, 0.2) is 23.1 Å². The molecule has 1 heterocycles. The van der Waals surface area contributed by atoms with Crippen LogP contribution in [0.25, 0.3) is 0 Å².